The molecule has 0 aliphatic carbocycles. The van der Waals surface area contributed by atoms with Gasteiger partial charge in [0.15, 0.2) is 0 Å². The van der Waals surface area contributed by atoms with Crippen molar-refractivity contribution < 1.29 is 19.4 Å². The highest BCUT2D eigenvalue weighted by Crippen LogP contribution is 2.34. The quantitative estimate of drug-likeness (QED) is 0.503. The lowest BCUT2D eigenvalue weighted by atomic mass is 10.0. The molecule has 0 unspecified atom stereocenters. The summed E-state index contributed by atoms with van der Waals surface area (Å²) in [5.74, 6) is 0.903. The maximum Gasteiger partial charge on any atom is 0.237 e. The first-order chi connectivity index (χ1) is 15.9. The second kappa shape index (κ2) is 12.5. The average Bonchev–Trinajstić information content (AvgIpc) is 3.25. The van der Waals surface area contributed by atoms with Crippen molar-refractivity contribution in [2.24, 2.45) is 0 Å². The zero-order valence-electron chi connectivity index (χ0n) is 20.3. The molecule has 0 bridgehead atoms. The van der Waals surface area contributed by atoms with Gasteiger partial charge in [0.2, 0.25) is 5.91 Å². The van der Waals surface area contributed by atoms with Gasteiger partial charge in [-0.2, -0.15) is 0 Å². The van der Waals surface area contributed by atoms with Crippen LogP contribution in [0.2, 0.25) is 0 Å². The molecular weight excluding hydrogens is 436 g/mol. The number of hydrogen-bond donors (Lipinski definition) is 1. The molecule has 0 saturated heterocycles. The molecule has 6 nitrogen and oxygen atoms in total. The van der Waals surface area contributed by atoms with E-state index in [2.05, 4.69) is 18.4 Å². The fourth-order valence-corrected chi connectivity index (χ4v) is 5.17. The van der Waals surface area contributed by atoms with Crippen molar-refractivity contribution in [2.75, 3.05) is 39.4 Å². The van der Waals surface area contributed by atoms with Gasteiger partial charge in [-0.1, -0.05) is 19.1 Å². The number of aliphatic hydroxyl groups excluding tert-OH is 1. The van der Waals surface area contributed by atoms with E-state index in [0.717, 1.165) is 30.7 Å². The smallest absolute Gasteiger partial charge is 0.237 e. The Morgan fingerprint density at radius 2 is 2.15 bits per heavy atom. The maximum absolute atomic E-state index is 13.5. The predicted molar refractivity (Wildman–Crippen MR) is 133 cm³/mol. The van der Waals surface area contributed by atoms with Crippen molar-refractivity contribution in [1.82, 2.24) is 9.80 Å². The van der Waals surface area contributed by atoms with Crippen LogP contribution in [0.25, 0.3) is 0 Å². The Balaban J connectivity index is 1.67. The summed E-state index contributed by atoms with van der Waals surface area (Å²) in [5, 5.41) is 12.5. The summed E-state index contributed by atoms with van der Waals surface area (Å²) >= 11 is 1.75. The van der Waals surface area contributed by atoms with E-state index in [4.69, 9.17) is 9.47 Å². The van der Waals surface area contributed by atoms with Crippen LogP contribution in [0.1, 0.15) is 49.2 Å². The number of carbonyl (C=O) groups excluding carboxylic acids is 1. The minimum Gasteiger partial charge on any atom is -0.491 e. The molecule has 1 amide bonds. The minimum atomic E-state index is -0.614. The molecule has 2 atom stereocenters. The Morgan fingerprint density at radius 1 is 1.33 bits per heavy atom. The number of amides is 1. The fourth-order valence-electron chi connectivity index (χ4n) is 4.24. The number of hydrogen-bond acceptors (Lipinski definition) is 6. The van der Waals surface area contributed by atoms with Crippen molar-refractivity contribution in [3.63, 3.8) is 0 Å². The van der Waals surface area contributed by atoms with Crippen LogP contribution in [0.5, 0.6) is 5.75 Å². The van der Waals surface area contributed by atoms with Crippen LogP contribution < -0.4 is 4.74 Å². The van der Waals surface area contributed by atoms with E-state index in [-0.39, 0.29) is 31.2 Å². The molecule has 3 rings (SSSR count). The number of fused-ring (bicyclic) bond motifs is 1. The summed E-state index contributed by atoms with van der Waals surface area (Å²) in [5.41, 5.74) is 2.34. The van der Waals surface area contributed by atoms with Crippen LogP contribution in [0.4, 0.5) is 0 Å². The molecule has 0 spiro atoms. The number of benzene rings is 1. The lowest BCUT2D eigenvalue weighted by Crippen LogP contribution is -2.48. The van der Waals surface area contributed by atoms with Crippen LogP contribution in [0, 0.1) is 6.92 Å². The van der Waals surface area contributed by atoms with Crippen molar-refractivity contribution in [1.29, 1.82) is 0 Å². The van der Waals surface area contributed by atoms with Crippen molar-refractivity contribution in [3.8, 4) is 5.75 Å². The Kier molecular flexibility index (Phi) is 9.74. The van der Waals surface area contributed by atoms with Gasteiger partial charge < -0.3 is 19.5 Å². The summed E-state index contributed by atoms with van der Waals surface area (Å²) in [6, 6.07) is 10.0. The lowest BCUT2D eigenvalue weighted by Gasteiger charge is -2.37. The van der Waals surface area contributed by atoms with Gasteiger partial charge in [-0.15, -0.1) is 11.3 Å². The highest BCUT2D eigenvalue weighted by molar-refractivity contribution is 7.10. The number of nitrogens with zero attached hydrogens (tertiary/aromatic N) is 2. The van der Waals surface area contributed by atoms with E-state index in [1.807, 2.05) is 54.8 Å². The zero-order valence-corrected chi connectivity index (χ0v) is 21.1. The third-order valence-electron chi connectivity index (χ3n) is 5.80. The maximum atomic E-state index is 13.5. The molecule has 0 fully saturated rings. The van der Waals surface area contributed by atoms with E-state index < -0.39 is 6.10 Å². The van der Waals surface area contributed by atoms with Gasteiger partial charge in [0, 0.05) is 18.0 Å². The molecule has 1 N–H and O–H groups in total. The largest absolute Gasteiger partial charge is 0.491 e. The minimum absolute atomic E-state index is 0.0724. The highest BCUT2D eigenvalue weighted by atomic mass is 32.1. The molecule has 7 heteroatoms. The summed E-state index contributed by atoms with van der Waals surface area (Å²) in [6.07, 6.45) is 1.25. The van der Waals surface area contributed by atoms with Gasteiger partial charge in [0.1, 0.15) is 12.4 Å². The van der Waals surface area contributed by atoms with Gasteiger partial charge in [-0.25, -0.2) is 0 Å². The number of aryl methyl sites for hydroxylation is 1. The normalized spacial score (nSPS) is 16.8. The number of aliphatic hydroxyl groups is 1. The first kappa shape index (κ1) is 25.7. The average molecular weight is 475 g/mol. The van der Waals surface area contributed by atoms with E-state index in [1.54, 1.807) is 11.3 Å². The van der Waals surface area contributed by atoms with E-state index >= 15 is 0 Å². The van der Waals surface area contributed by atoms with E-state index in [0.29, 0.717) is 19.7 Å². The van der Waals surface area contributed by atoms with Gasteiger partial charge in [0.25, 0.3) is 0 Å². The number of carbonyl (C=O) groups is 1. The Morgan fingerprint density at radius 3 is 2.88 bits per heavy atom. The summed E-state index contributed by atoms with van der Waals surface area (Å²) in [4.78, 5) is 18.8. The summed E-state index contributed by atoms with van der Waals surface area (Å²) in [6.45, 7) is 10.9. The molecule has 2 heterocycles. The van der Waals surface area contributed by atoms with Crippen LogP contribution >= 0.6 is 11.3 Å². The topological polar surface area (TPSA) is 62.2 Å². The molecule has 1 aliphatic rings. The SMILES string of the molecule is CCCN(CC(=O)N1CCc2sccc2[C@H]1COc1cccc(C)c1)C[C@@H](O)COC(C)C. The molecular formula is C26H38N2O4S. The van der Waals surface area contributed by atoms with Gasteiger partial charge in [0.05, 0.1) is 31.4 Å². The van der Waals surface area contributed by atoms with Crippen LogP contribution in [-0.2, 0) is 16.0 Å². The number of ether oxygens (including phenoxy) is 2. The number of thiophene rings is 1. The van der Waals surface area contributed by atoms with Gasteiger partial charge >= 0.3 is 0 Å². The van der Waals surface area contributed by atoms with E-state index in [9.17, 15) is 9.90 Å². The van der Waals surface area contributed by atoms with Crippen molar-refractivity contribution >= 4 is 17.2 Å². The third kappa shape index (κ3) is 7.54. The monoisotopic (exact) mass is 474 g/mol. The third-order valence-corrected chi connectivity index (χ3v) is 6.80. The van der Waals surface area contributed by atoms with E-state index in [1.165, 1.54) is 10.4 Å². The Hall–Kier alpha value is -1.93. The predicted octanol–water partition coefficient (Wildman–Crippen LogP) is 4.06. The summed E-state index contributed by atoms with van der Waals surface area (Å²) < 4.78 is 11.7. The van der Waals surface area contributed by atoms with Gasteiger partial charge in [-0.05, 0) is 74.9 Å². The fraction of sp³-hybridized carbons (Fsp3) is 0.577. The second-order valence-electron chi connectivity index (χ2n) is 9.05. The zero-order chi connectivity index (χ0) is 23.8. The molecule has 1 aromatic carbocycles. The molecule has 0 radical (unpaired) electrons. The Bertz CT molecular complexity index is 885. The molecule has 182 valence electrons. The highest BCUT2D eigenvalue weighted by Gasteiger charge is 2.33. The Labute approximate surface area is 202 Å². The number of rotatable bonds is 12. The van der Waals surface area contributed by atoms with Crippen LogP contribution in [0.15, 0.2) is 35.7 Å². The second-order valence-corrected chi connectivity index (χ2v) is 10.1. The van der Waals surface area contributed by atoms with Crippen LogP contribution in [-0.4, -0.2) is 72.4 Å². The van der Waals surface area contributed by atoms with Gasteiger partial charge in [-0.3, -0.25) is 9.69 Å². The standard InChI is InChI=1S/C26H38N2O4S/c1-5-11-27(15-21(29)17-31-19(2)3)16-26(30)28-12-9-25-23(10-13-33-25)24(28)18-32-22-8-6-7-20(4)14-22/h6-8,10,13-14,19,21,24,29H,5,9,11-12,15-18H2,1-4H3/t21-,24-/m1/s1. The first-order valence-corrected chi connectivity index (χ1v) is 12.8. The molecule has 0 saturated carbocycles. The first-order valence-electron chi connectivity index (χ1n) is 11.9. The van der Waals surface area contributed by atoms with Crippen molar-refractivity contribution in [2.45, 2.75) is 58.8 Å². The van der Waals surface area contributed by atoms with Crippen molar-refractivity contribution in [3.05, 3.63) is 51.7 Å². The molecule has 1 aromatic heterocycles. The lowest BCUT2D eigenvalue weighted by molar-refractivity contribution is -0.136. The molecule has 33 heavy (non-hydrogen) atoms. The van der Waals surface area contributed by atoms with Crippen LogP contribution in [0.3, 0.4) is 0 Å². The summed E-state index contributed by atoms with van der Waals surface area (Å²) in [7, 11) is 0. The molecule has 2 aromatic rings. The molecule has 1 aliphatic heterocycles.